The Balaban J connectivity index is 2.21. The second-order valence-electron chi connectivity index (χ2n) is 4.27. The molecule has 4 heteroatoms. The van der Waals surface area contributed by atoms with Gasteiger partial charge < -0.3 is 10.0 Å². The van der Waals surface area contributed by atoms with Crippen molar-refractivity contribution < 1.29 is 14.7 Å². The number of hydrogen-bond acceptors (Lipinski definition) is 2. The largest absolute Gasteiger partial charge is 0.478 e. The predicted molar refractivity (Wildman–Crippen MR) is 68.9 cm³/mol. The van der Waals surface area contributed by atoms with Crippen LogP contribution >= 0.6 is 0 Å². The van der Waals surface area contributed by atoms with Gasteiger partial charge in [0, 0.05) is 18.7 Å². The van der Waals surface area contributed by atoms with Crippen LogP contribution in [0, 0.1) is 0 Å². The monoisotopic (exact) mass is 245 g/mol. The van der Waals surface area contributed by atoms with Crippen LogP contribution in [-0.4, -0.2) is 23.5 Å². The number of rotatable bonds is 4. The standard InChI is InChI=1S/C14H15NO3/c1-2-3-4-13(16)15-8-7-10-9-11(14(17)18)5-6-12(10)15/h2,5-6,9H,1,3-4,7-8H2,(H,17,18). The van der Waals surface area contributed by atoms with E-state index in [4.69, 9.17) is 5.11 Å². The zero-order valence-electron chi connectivity index (χ0n) is 10.1. The van der Waals surface area contributed by atoms with Crippen LogP contribution in [0.25, 0.3) is 0 Å². The van der Waals surface area contributed by atoms with Crippen LogP contribution in [0.5, 0.6) is 0 Å². The van der Waals surface area contributed by atoms with Gasteiger partial charge in [0.05, 0.1) is 5.56 Å². The van der Waals surface area contributed by atoms with E-state index in [0.29, 0.717) is 19.4 Å². The van der Waals surface area contributed by atoms with Crippen molar-refractivity contribution in [2.45, 2.75) is 19.3 Å². The predicted octanol–water partition coefficient (Wildman–Crippen LogP) is 2.24. The molecule has 2 rings (SSSR count). The summed E-state index contributed by atoms with van der Waals surface area (Å²) in [7, 11) is 0. The van der Waals surface area contributed by atoms with Gasteiger partial charge in [-0.15, -0.1) is 6.58 Å². The number of nitrogens with zero attached hydrogens (tertiary/aromatic N) is 1. The molecule has 0 spiro atoms. The third-order valence-electron chi connectivity index (χ3n) is 3.09. The van der Waals surface area contributed by atoms with E-state index in [2.05, 4.69) is 6.58 Å². The van der Waals surface area contributed by atoms with Crippen molar-refractivity contribution in [1.82, 2.24) is 0 Å². The molecule has 0 aliphatic carbocycles. The molecule has 0 radical (unpaired) electrons. The first kappa shape index (κ1) is 12.4. The zero-order chi connectivity index (χ0) is 13.1. The van der Waals surface area contributed by atoms with Crippen molar-refractivity contribution in [3.8, 4) is 0 Å². The minimum absolute atomic E-state index is 0.0664. The molecule has 1 aromatic rings. The minimum Gasteiger partial charge on any atom is -0.478 e. The molecule has 1 heterocycles. The van der Waals surface area contributed by atoms with Gasteiger partial charge in [-0.05, 0) is 36.6 Å². The van der Waals surface area contributed by atoms with Gasteiger partial charge in [-0.3, -0.25) is 4.79 Å². The van der Waals surface area contributed by atoms with Crippen LogP contribution in [0.4, 0.5) is 5.69 Å². The number of carboxylic acid groups (broad SMARTS) is 1. The van der Waals surface area contributed by atoms with E-state index in [0.717, 1.165) is 17.7 Å². The second-order valence-corrected chi connectivity index (χ2v) is 4.27. The number of hydrogen-bond donors (Lipinski definition) is 1. The average Bonchev–Trinajstić information content (AvgIpc) is 2.78. The van der Waals surface area contributed by atoms with Gasteiger partial charge >= 0.3 is 5.97 Å². The number of benzene rings is 1. The van der Waals surface area contributed by atoms with Crippen LogP contribution < -0.4 is 4.90 Å². The summed E-state index contributed by atoms with van der Waals surface area (Å²) in [5, 5.41) is 8.92. The van der Waals surface area contributed by atoms with E-state index >= 15 is 0 Å². The molecule has 1 N–H and O–H groups in total. The van der Waals surface area contributed by atoms with Gasteiger partial charge in [0.2, 0.25) is 5.91 Å². The summed E-state index contributed by atoms with van der Waals surface area (Å²) in [6, 6.07) is 4.91. The van der Waals surface area contributed by atoms with Crippen molar-refractivity contribution in [2.75, 3.05) is 11.4 Å². The first-order valence-electron chi connectivity index (χ1n) is 5.91. The van der Waals surface area contributed by atoms with E-state index in [1.54, 1.807) is 29.2 Å². The maximum atomic E-state index is 11.9. The molecule has 94 valence electrons. The van der Waals surface area contributed by atoms with Gasteiger partial charge in [-0.2, -0.15) is 0 Å². The molecule has 1 aromatic carbocycles. The van der Waals surface area contributed by atoms with Gasteiger partial charge in [0.1, 0.15) is 0 Å². The number of allylic oxidation sites excluding steroid dienone is 1. The molecule has 4 nitrogen and oxygen atoms in total. The fraction of sp³-hybridized carbons (Fsp3) is 0.286. The molecule has 18 heavy (non-hydrogen) atoms. The Kier molecular flexibility index (Phi) is 3.46. The SMILES string of the molecule is C=CCCC(=O)N1CCc2cc(C(=O)O)ccc21. The molecular formula is C14H15NO3. The van der Waals surface area contributed by atoms with E-state index in [-0.39, 0.29) is 11.5 Å². The quantitative estimate of drug-likeness (QED) is 0.828. The molecule has 0 atom stereocenters. The van der Waals surface area contributed by atoms with Crippen LogP contribution in [0.15, 0.2) is 30.9 Å². The number of fused-ring (bicyclic) bond motifs is 1. The van der Waals surface area contributed by atoms with E-state index in [1.165, 1.54) is 0 Å². The highest BCUT2D eigenvalue weighted by molar-refractivity contribution is 5.97. The molecule has 0 bridgehead atoms. The lowest BCUT2D eigenvalue weighted by molar-refractivity contribution is -0.118. The maximum absolute atomic E-state index is 11.9. The van der Waals surface area contributed by atoms with E-state index in [9.17, 15) is 9.59 Å². The topological polar surface area (TPSA) is 57.6 Å². The lowest BCUT2D eigenvalue weighted by Gasteiger charge is -2.16. The number of carbonyl (C=O) groups excluding carboxylic acids is 1. The number of anilines is 1. The van der Waals surface area contributed by atoms with Gasteiger partial charge in [0.15, 0.2) is 0 Å². The molecule has 1 amide bonds. The molecular weight excluding hydrogens is 230 g/mol. The van der Waals surface area contributed by atoms with E-state index < -0.39 is 5.97 Å². The summed E-state index contributed by atoms with van der Waals surface area (Å²) in [6.45, 7) is 4.23. The van der Waals surface area contributed by atoms with Crippen LogP contribution in [0.1, 0.15) is 28.8 Å². The van der Waals surface area contributed by atoms with Crippen LogP contribution in [-0.2, 0) is 11.2 Å². The average molecular weight is 245 g/mol. The van der Waals surface area contributed by atoms with E-state index in [1.807, 2.05) is 0 Å². The lowest BCUT2D eigenvalue weighted by atomic mass is 10.1. The molecule has 1 aliphatic rings. The summed E-state index contributed by atoms with van der Waals surface area (Å²) in [6.07, 6.45) is 3.56. The highest BCUT2D eigenvalue weighted by atomic mass is 16.4. The molecule has 0 unspecified atom stereocenters. The third-order valence-corrected chi connectivity index (χ3v) is 3.09. The highest BCUT2D eigenvalue weighted by Crippen LogP contribution is 2.29. The summed E-state index contributed by atoms with van der Waals surface area (Å²) < 4.78 is 0. The smallest absolute Gasteiger partial charge is 0.335 e. The molecule has 0 aromatic heterocycles. The Hall–Kier alpha value is -2.10. The van der Waals surface area contributed by atoms with Crippen molar-refractivity contribution >= 4 is 17.6 Å². The van der Waals surface area contributed by atoms with Crippen molar-refractivity contribution in [3.63, 3.8) is 0 Å². The van der Waals surface area contributed by atoms with Crippen molar-refractivity contribution in [3.05, 3.63) is 42.0 Å². The molecule has 0 saturated heterocycles. The van der Waals surface area contributed by atoms with Crippen LogP contribution in [0.3, 0.4) is 0 Å². The number of carboxylic acids is 1. The highest BCUT2D eigenvalue weighted by Gasteiger charge is 2.24. The first-order chi connectivity index (χ1) is 8.63. The number of carbonyl (C=O) groups is 2. The molecule has 1 aliphatic heterocycles. The second kappa shape index (κ2) is 5.04. The molecule has 0 saturated carbocycles. The Morgan fingerprint density at radius 3 is 2.89 bits per heavy atom. The number of amides is 1. The Morgan fingerprint density at radius 2 is 2.22 bits per heavy atom. The fourth-order valence-electron chi connectivity index (χ4n) is 2.15. The molecule has 0 fully saturated rings. The normalized spacial score (nSPS) is 13.2. The summed E-state index contributed by atoms with van der Waals surface area (Å²) in [5.74, 6) is -0.869. The summed E-state index contributed by atoms with van der Waals surface area (Å²) in [5.41, 5.74) is 2.05. The third kappa shape index (κ3) is 2.27. The maximum Gasteiger partial charge on any atom is 0.335 e. The zero-order valence-corrected chi connectivity index (χ0v) is 10.1. The Labute approximate surface area is 106 Å². The van der Waals surface area contributed by atoms with Crippen molar-refractivity contribution in [1.29, 1.82) is 0 Å². The minimum atomic E-state index is -0.936. The first-order valence-corrected chi connectivity index (χ1v) is 5.91. The lowest BCUT2D eigenvalue weighted by Crippen LogP contribution is -2.28. The van der Waals surface area contributed by atoms with Gasteiger partial charge in [-0.1, -0.05) is 6.08 Å². The van der Waals surface area contributed by atoms with Crippen molar-refractivity contribution in [2.24, 2.45) is 0 Å². The fourth-order valence-corrected chi connectivity index (χ4v) is 2.15. The summed E-state index contributed by atoms with van der Waals surface area (Å²) in [4.78, 5) is 24.5. The number of aromatic carboxylic acids is 1. The Morgan fingerprint density at radius 1 is 1.44 bits per heavy atom. The van der Waals surface area contributed by atoms with Crippen LogP contribution in [0.2, 0.25) is 0 Å². The van der Waals surface area contributed by atoms with Gasteiger partial charge in [0.25, 0.3) is 0 Å². The Bertz CT molecular complexity index is 508. The van der Waals surface area contributed by atoms with Gasteiger partial charge in [-0.25, -0.2) is 4.79 Å². The summed E-state index contributed by atoms with van der Waals surface area (Å²) >= 11 is 0.